The van der Waals surface area contributed by atoms with Crippen LogP contribution in [0.3, 0.4) is 0 Å². The molecule has 0 atom stereocenters. The first-order chi connectivity index (χ1) is 11.3. The Morgan fingerprint density at radius 1 is 1.33 bits per heavy atom. The Bertz CT molecular complexity index is 811. The summed E-state index contributed by atoms with van der Waals surface area (Å²) in [5, 5.41) is 13.7. The molecule has 0 bridgehead atoms. The number of hydrogen-bond acceptors (Lipinski definition) is 4. The number of halogens is 2. The second-order valence-electron chi connectivity index (χ2n) is 5.57. The number of hydrogen-bond donors (Lipinski definition) is 1. The van der Waals surface area contributed by atoms with Crippen LogP contribution in [0.4, 0.5) is 5.00 Å². The predicted octanol–water partition coefficient (Wildman–Crippen LogP) is 4.61. The molecule has 0 aliphatic rings. The van der Waals surface area contributed by atoms with Crippen molar-refractivity contribution < 1.29 is 4.79 Å². The first-order valence-electron chi connectivity index (χ1n) is 7.24. The molecule has 1 N–H and O–H groups in total. The van der Waals surface area contributed by atoms with Crippen LogP contribution in [-0.4, -0.2) is 24.4 Å². The predicted molar refractivity (Wildman–Crippen MR) is 99.9 cm³/mol. The molecule has 1 aromatic heterocycles. The molecule has 0 radical (unpaired) electrons. The molecule has 0 saturated carbocycles. The molecule has 24 heavy (non-hydrogen) atoms. The zero-order chi connectivity index (χ0) is 17.9. The van der Waals surface area contributed by atoms with E-state index in [0.717, 1.165) is 16.0 Å². The molecule has 0 unspecified atom stereocenters. The Labute approximate surface area is 155 Å². The molecule has 1 heterocycles. The number of anilines is 1. The Balaban J connectivity index is 1.98. The normalized spacial score (nSPS) is 10.7. The monoisotopic (exact) mass is 381 g/mol. The van der Waals surface area contributed by atoms with Gasteiger partial charge in [-0.1, -0.05) is 29.3 Å². The van der Waals surface area contributed by atoms with E-state index in [2.05, 4.69) is 11.4 Å². The van der Waals surface area contributed by atoms with Crippen LogP contribution in [0.25, 0.3) is 0 Å². The maximum Gasteiger partial charge on any atom is 0.239 e. The zero-order valence-corrected chi connectivity index (χ0v) is 15.9. The van der Waals surface area contributed by atoms with Gasteiger partial charge in [-0.05, 0) is 44.2 Å². The number of benzene rings is 1. The fourth-order valence-corrected chi connectivity index (χ4v) is 3.61. The third-order valence-corrected chi connectivity index (χ3v) is 5.46. The van der Waals surface area contributed by atoms with Crippen LogP contribution in [0, 0.1) is 25.2 Å². The van der Waals surface area contributed by atoms with Crippen molar-refractivity contribution in [2.45, 2.75) is 20.4 Å². The van der Waals surface area contributed by atoms with Crippen molar-refractivity contribution in [2.24, 2.45) is 0 Å². The average Bonchev–Trinajstić information content (AvgIpc) is 2.76. The summed E-state index contributed by atoms with van der Waals surface area (Å²) in [5.74, 6) is -0.157. The summed E-state index contributed by atoms with van der Waals surface area (Å²) >= 11 is 13.3. The third kappa shape index (κ3) is 4.49. The fourth-order valence-electron chi connectivity index (χ4n) is 2.27. The molecular weight excluding hydrogens is 365 g/mol. The summed E-state index contributed by atoms with van der Waals surface area (Å²) in [7, 11) is 1.85. The summed E-state index contributed by atoms with van der Waals surface area (Å²) < 4.78 is 0. The number of carbonyl (C=O) groups is 1. The Hall–Kier alpha value is -1.58. The van der Waals surface area contributed by atoms with Gasteiger partial charge in [0.25, 0.3) is 0 Å². The van der Waals surface area contributed by atoms with Gasteiger partial charge in [-0.15, -0.1) is 11.3 Å². The van der Waals surface area contributed by atoms with Crippen molar-refractivity contribution in [1.82, 2.24) is 4.90 Å². The van der Waals surface area contributed by atoms with Crippen LogP contribution in [0.15, 0.2) is 18.2 Å². The van der Waals surface area contributed by atoms with Crippen molar-refractivity contribution in [1.29, 1.82) is 5.26 Å². The molecule has 0 spiro atoms. The van der Waals surface area contributed by atoms with E-state index in [9.17, 15) is 10.1 Å². The Morgan fingerprint density at radius 2 is 2.04 bits per heavy atom. The molecule has 0 saturated heterocycles. The first kappa shape index (κ1) is 18.8. The van der Waals surface area contributed by atoms with Crippen molar-refractivity contribution in [2.75, 3.05) is 18.9 Å². The van der Waals surface area contributed by atoms with E-state index in [1.807, 2.05) is 31.9 Å². The standard InChI is InChI=1S/C17H17Cl2N3OS/c1-10-11(2)24-17(13(10)7-20)21-16(23)9-22(3)8-12-4-5-14(18)15(19)6-12/h4-6H,8-9H2,1-3H3,(H,21,23). The fraction of sp³-hybridized carbons (Fsp3) is 0.294. The average molecular weight is 382 g/mol. The van der Waals surface area contributed by atoms with Crippen LogP contribution in [0.1, 0.15) is 21.6 Å². The van der Waals surface area contributed by atoms with Crippen LogP contribution >= 0.6 is 34.5 Å². The summed E-state index contributed by atoms with van der Waals surface area (Å²) in [6.45, 7) is 4.60. The molecule has 0 aliphatic carbocycles. The van der Waals surface area contributed by atoms with Gasteiger partial charge in [0.2, 0.25) is 5.91 Å². The highest BCUT2D eigenvalue weighted by atomic mass is 35.5. The van der Waals surface area contributed by atoms with Crippen LogP contribution in [0.5, 0.6) is 0 Å². The zero-order valence-electron chi connectivity index (χ0n) is 13.6. The number of likely N-dealkylation sites (N-methyl/N-ethyl adjacent to an activating group) is 1. The lowest BCUT2D eigenvalue weighted by Crippen LogP contribution is -2.29. The number of aryl methyl sites for hydroxylation is 1. The summed E-state index contributed by atoms with van der Waals surface area (Å²) in [4.78, 5) is 15.1. The maximum atomic E-state index is 12.2. The number of amides is 1. The topological polar surface area (TPSA) is 56.1 Å². The number of nitriles is 1. The molecule has 7 heteroatoms. The number of carbonyl (C=O) groups excluding carboxylic acids is 1. The maximum absolute atomic E-state index is 12.2. The number of thiophene rings is 1. The summed E-state index contributed by atoms with van der Waals surface area (Å²) in [5.41, 5.74) is 2.43. The van der Waals surface area contributed by atoms with E-state index in [0.29, 0.717) is 27.2 Å². The van der Waals surface area contributed by atoms with Crippen molar-refractivity contribution in [3.05, 3.63) is 49.8 Å². The highest BCUT2D eigenvalue weighted by Gasteiger charge is 2.15. The number of nitrogens with one attached hydrogen (secondary N) is 1. The molecule has 0 aliphatic heterocycles. The van der Waals surface area contributed by atoms with Crippen molar-refractivity contribution >= 4 is 45.4 Å². The first-order valence-corrected chi connectivity index (χ1v) is 8.81. The Morgan fingerprint density at radius 3 is 2.67 bits per heavy atom. The smallest absolute Gasteiger partial charge is 0.239 e. The minimum atomic E-state index is -0.157. The molecule has 0 fully saturated rings. The summed E-state index contributed by atoms with van der Waals surface area (Å²) in [6, 6.07) is 7.56. The van der Waals surface area contributed by atoms with E-state index < -0.39 is 0 Å². The lowest BCUT2D eigenvalue weighted by Gasteiger charge is -2.16. The van der Waals surface area contributed by atoms with Gasteiger partial charge in [-0.25, -0.2) is 0 Å². The van der Waals surface area contributed by atoms with Crippen LogP contribution in [-0.2, 0) is 11.3 Å². The van der Waals surface area contributed by atoms with Crippen LogP contribution in [0.2, 0.25) is 10.0 Å². The largest absolute Gasteiger partial charge is 0.315 e. The third-order valence-electron chi connectivity index (χ3n) is 3.60. The molecule has 1 amide bonds. The number of rotatable bonds is 5. The van der Waals surface area contributed by atoms with Gasteiger partial charge in [0.1, 0.15) is 11.1 Å². The van der Waals surface area contributed by atoms with Gasteiger partial charge < -0.3 is 5.32 Å². The molecule has 2 aromatic rings. The van der Waals surface area contributed by atoms with Crippen LogP contribution < -0.4 is 5.32 Å². The molecule has 4 nitrogen and oxygen atoms in total. The van der Waals surface area contributed by atoms with E-state index in [1.165, 1.54) is 11.3 Å². The van der Waals surface area contributed by atoms with Gasteiger partial charge in [0.15, 0.2) is 0 Å². The molecule has 126 valence electrons. The quantitative estimate of drug-likeness (QED) is 0.821. The minimum Gasteiger partial charge on any atom is -0.315 e. The van der Waals surface area contributed by atoms with E-state index in [1.54, 1.807) is 12.1 Å². The molecular formula is C17H17Cl2N3OS. The molecule has 2 rings (SSSR count). The number of nitrogens with zero attached hydrogens (tertiary/aromatic N) is 2. The second-order valence-corrected chi connectivity index (χ2v) is 7.61. The Kier molecular flexibility index (Phi) is 6.25. The lowest BCUT2D eigenvalue weighted by molar-refractivity contribution is -0.117. The van der Waals surface area contributed by atoms with Crippen molar-refractivity contribution in [3.8, 4) is 6.07 Å². The van der Waals surface area contributed by atoms with E-state index >= 15 is 0 Å². The lowest BCUT2D eigenvalue weighted by atomic mass is 10.2. The summed E-state index contributed by atoms with van der Waals surface area (Å²) in [6.07, 6.45) is 0. The van der Waals surface area contributed by atoms with Gasteiger partial charge in [-0.2, -0.15) is 5.26 Å². The highest BCUT2D eigenvalue weighted by Crippen LogP contribution is 2.31. The minimum absolute atomic E-state index is 0.157. The molecule has 1 aromatic carbocycles. The SMILES string of the molecule is Cc1sc(NC(=O)CN(C)Cc2ccc(Cl)c(Cl)c2)c(C#N)c1C. The van der Waals surface area contributed by atoms with Gasteiger partial charge in [0.05, 0.1) is 22.2 Å². The van der Waals surface area contributed by atoms with Gasteiger partial charge in [-0.3, -0.25) is 9.69 Å². The van der Waals surface area contributed by atoms with Gasteiger partial charge in [0, 0.05) is 11.4 Å². The van der Waals surface area contributed by atoms with E-state index in [-0.39, 0.29) is 12.5 Å². The second kappa shape index (κ2) is 8.00. The van der Waals surface area contributed by atoms with E-state index in [4.69, 9.17) is 23.2 Å². The van der Waals surface area contributed by atoms with Gasteiger partial charge >= 0.3 is 0 Å². The van der Waals surface area contributed by atoms with Crippen molar-refractivity contribution in [3.63, 3.8) is 0 Å². The highest BCUT2D eigenvalue weighted by molar-refractivity contribution is 7.16.